The molecule has 0 N–H and O–H groups in total. The quantitative estimate of drug-likeness (QED) is 0.449. The molecule has 32 heavy (non-hydrogen) atoms. The van der Waals surface area contributed by atoms with Crippen LogP contribution in [-0.2, 0) is 9.53 Å². The molecular weight excluding hydrogens is 426 g/mol. The summed E-state index contributed by atoms with van der Waals surface area (Å²) in [5, 5.41) is 0. The van der Waals surface area contributed by atoms with Crippen LogP contribution in [0.2, 0.25) is 0 Å². The molecule has 3 aromatic carbocycles. The number of hydrogen-bond acceptors (Lipinski definition) is 6. The molecule has 1 heterocycles. The van der Waals surface area contributed by atoms with Gasteiger partial charge in [0.2, 0.25) is 0 Å². The van der Waals surface area contributed by atoms with Gasteiger partial charge in [0, 0.05) is 39.4 Å². The van der Waals surface area contributed by atoms with Gasteiger partial charge in [-0.2, -0.15) is 0 Å². The third-order valence-corrected chi connectivity index (χ3v) is 6.57. The van der Waals surface area contributed by atoms with Gasteiger partial charge in [0.05, 0.1) is 11.3 Å². The van der Waals surface area contributed by atoms with E-state index in [1.807, 2.05) is 24.3 Å². The minimum absolute atomic E-state index is 0.0160. The minimum atomic E-state index is -0.810. The third kappa shape index (κ3) is 3.31. The van der Waals surface area contributed by atoms with E-state index in [1.54, 1.807) is 40.9 Å². The molecule has 0 aromatic heterocycles. The second-order valence-electron chi connectivity index (χ2n) is 7.37. The highest BCUT2D eigenvalue weighted by Gasteiger charge is 2.33. The Morgan fingerprint density at radius 3 is 2.34 bits per heavy atom. The van der Waals surface area contributed by atoms with Gasteiger partial charge in [-0.25, -0.2) is 4.79 Å². The fraction of sp³-hybridized carbons (Fsp3) is 0.120. The number of anilines is 1. The van der Waals surface area contributed by atoms with Crippen molar-refractivity contribution < 1.29 is 23.9 Å². The number of hydrogen-bond donors (Lipinski definition) is 0. The predicted molar refractivity (Wildman–Crippen MR) is 120 cm³/mol. The molecule has 0 unspecified atom stereocenters. The lowest BCUT2D eigenvalue weighted by atomic mass is 9.82. The first-order valence-electron chi connectivity index (χ1n) is 10.1. The van der Waals surface area contributed by atoms with Crippen LogP contribution in [0.15, 0.2) is 71.6 Å². The number of ketones is 2. The summed E-state index contributed by atoms with van der Waals surface area (Å²) in [7, 11) is 0. The Morgan fingerprint density at radius 2 is 1.53 bits per heavy atom. The Balaban J connectivity index is 1.38. The van der Waals surface area contributed by atoms with Crippen LogP contribution in [0.1, 0.15) is 42.2 Å². The van der Waals surface area contributed by atoms with Crippen molar-refractivity contribution in [2.45, 2.75) is 4.90 Å². The first-order chi connectivity index (χ1) is 15.6. The lowest BCUT2D eigenvalue weighted by Gasteiger charge is -2.28. The Labute approximate surface area is 188 Å². The predicted octanol–water partition coefficient (Wildman–Crippen LogP) is 3.76. The topological polar surface area (TPSA) is 80.8 Å². The molecule has 1 amide bonds. The number of carbonyl (C=O) groups is 4. The molecule has 5 rings (SSSR count). The van der Waals surface area contributed by atoms with Crippen molar-refractivity contribution in [3.05, 3.63) is 94.5 Å². The van der Waals surface area contributed by atoms with Crippen molar-refractivity contribution in [3.63, 3.8) is 0 Å². The molecule has 0 bridgehead atoms. The van der Waals surface area contributed by atoms with Crippen LogP contribution in [0.4, 0.5) is 5.69 Å². The van der Waals surface area contributed by atoms with Crippen LogP contribution in [0.5, 0.6) is 0 Å². The summed E-state index contributed by atoms with van der Waals surface area (Å²) in [6.45, 7) is 0.0583. The zero-order valence-electron chi connectivity index (χ0n) is 16.9. The van der Waals surface area contributed by atoms with Crippen molar-refractivity contribution in [2.75, 3.05) is 23.8 Å². The molecule has 6 nitrogen and oxygen atoms in total. The summed E-state index contributed by atoms with van der Waals surface area (Å²) in [6.07, 6.45) is 0. The summed E-state index contributed by atoms with van der Waals surface area (Å²) in [6, 6.07) is 18.6. The van der Waals surface area contributed by atoms with E-state index in [0.717, 1.165) is 16.3 Å². The van der Waals surface area contributed by atoms with Gasteiger partial charge < -0.3 is 9.64 Å². The maximum Gasteiger partial charge on any atom is 0.339 e. The van der Waals surface area contributed by atoms with Crippen LogP contribution < -0.4 is 4.90 Å². The monoisotopic (exact) mass is 443 g/mol. The number of amides is 1. The van der Waals surface area contributed by atoms with Crippen LogP contribution in [0, 0.1) is 0 Å². The summed E-state index contributed by atoms with van der Waals surface area (Å²) >= 11 is 1.67. The van der Waals surface area contributed by atoms with Gasteiger partial charge >= 0.3 is 5.97 Å². The fourth-order valence-electron chi connectivity index (χ4n) is 4.03. The normalized spacial score (nSPS) is 14.3. The summed E-state index contributed by atoms with van der Waals surface area (Å²) in [5.41, 5.74) is 1.53. The molecule has 3 aromatic rings. The molecule has 0 radical (unpaired) electrons. The van der Waals surface area contributed by atoms with Crippen LogP contribution in [0.25, 0.3) is 0 Å². The number of ether oxygens (including phenoxy) is 1. The largest absolute Gasteiger partial charge is 0.452 e. The van der Waals surface area contributed by atoms with Gasteiger partial charge in [-0.05, 0) is 18.2 Å². The molecule has 0 fully saturated rings. The lowest BCUT2D eigenvalue weighted by molar-refractivity contribution is -0.121. The van der Waals surface area contributed by atoms with Crippen LogP contribution >= 0.6 is 11.8 Å². The molecule has 0 spiro atoms. The Bertz CT molecular complexity index is 1300. The van der Waals surface area contributed by atoms with E-state index in [4.69, 9.17) is 4.74 Å². The van der Waals surface area contributed by atoms with Crippen molar-refractivity contribution in [1.82, 2.24) is 0 Å². The molecule has 0 saturated carbocycles. The molecule has 0 saturated heterocycles. The molecule has 158 valence electrons. The molecule has 7 heteroatoms. The number of esters is 1. The third-order valence-electron chi connectivity index (χ3n) is 5.53. The number of carbonyl (C=O) groups excluding carboxylic acids is 4. The highest BCUT2D eigenvalue weighted by molar-refractivity contribution is 7.99. The maximum atomic E-state index is 13.1. The van der Waals surface area contributed by atoms with Gasteiger partial charge in [0.25, 0.3) is 5.91 Å². The van der Waals surface area contributed by atoms with Gasteiger partial charge in [-0.1, -0.05) is 48.5 Å². The lowest BCUT2D eigenvalue weighted by Crippen LogP contribution is -2.38. The molecule has 0 atom stereocenters. The number of para-hydroxylation sites is 1. The van der Waals surface area contributed by atoms with Crippen molar-refractivity contribution in [2.24, 2.45) is 0 Å². The minimum Gasteiger partial charge on any atom is -0.452 e. The number of benzene rings is 3. The zero-order valence-corrected chi connectivity index (χ0v) is 17.7. The van der Waals surface area contributed by atoms with Gasteiger partial charge in [-0.15, -0.1) is 11.8 Å². The van der Waals surface area contributed by atoms with E-state index < -0.39 is 18.4 Å². The van der Waals surface area contributed by atoms with Gasteiger partial charge in [-0.3, -0.25) is 14.4 Å². The molecule has 1 aliphatic heterocycles. The standard InChI is InChI=1S/C25H17NO5S/c27-21(26-12-13-32-20-11-4-3-10-19(20)26)14-31-25(30)18-9-5-8-17-22(18)24(29)16-7-2-1-6-15(16)23(17)28/h1-11H,12-14H2. The smallest absolute Gasteiger partial charge is 0.339 e. The molecular formula is C25H17NO5S. The van der Waals surface area contributed by atoms with E-state index in [-0.39, 0.29) is 33.9 Å². The summed E-state index contributed by atoms with van der Waals surface area (Å²) < 4.78 is 5.30. The van der Waals surface area contributed by atoms with E-state index in [1.165, 1.54) is 18.2 Å². The number of thioether (sulfide) groups is 1. The summed E-state index contributed by atoms with van der Waals surface area (Å²) in [5.74, 6) is -1.13. The second kappa shape index (κ2) is 8.09. The number of nitrogens with zero attached hydrogens (tertiary/aromatic N) is 1. The second-order valence-corrected chi connectivity index (χ2v) is 8.51. The molecule has 2 aliphatic rings. The van der Waals surface area contributed by atoms with Crippen molar-refractivity contribution in [3.8, 4) is 0 Å². The van der Waals surface area contributed by atoms with Crippen molar-refractivity contribution in [1.29, 1.82) is 0 Å². The Kier molecular flexibility index (Phi) is 5.11. The average Bonchev–Trinajstić information content (AvgIpc) is 2.84. The SMILES string of the molecule is O=C(OCC(=O)N1CCSc2ccccc21)c1cccc2c1C(=O)c1ccccc1C2=O. The highest BCUT2D eigenvalue weighted by atomic mass is 32.2. The summed E-state index contributed by atoms with van der Waals surface area (Å²) in [4.78, 5) is 54.2. The first-order valence-corrected chi connectivity index (χ1v) is 11.1. The Morgan fingerprint density at radius 1 is 0.844 bits per heavy atom. The van der Waals surface area contributed by atoms with Crippen LogP contribution in [-0.4, -0.2) is 42.3 Å². The number of fused-ring (bicyclic) bond motifs is 3. The molecule has 1 aliphatic carbocycles. The Hall–Kier alpha value is -3.71. The van der Waals surface area contributed by atoms with E-state index in [0.29, 0.717) is 12.1 Å². The fourth-order valence-corrected chi connectivity index (χ4v) is 5.02. The maximum absolute atomic E-state index is 13.1. The number of rotatable bonds is 3. The highest BCUT2D eigenvalue weighted by Crippen LogP contribution is 2.34. The van der Waals surface area contributed by atoms with Crippen molar-refractivity contribution >= 4 is 40.9 Å². The van der Waals surface area contributed by atoms with Gasteiger partial charge in [0.15, 0.2) is 18.2 Å². The average molecular weight is 443 g/mol. The van der Waals surface area contributed by atoms with Crippen LogP contribution in [0.3, 0.4) is 0 Å². The van der Waals surface area contributed by atoms with E-state index in [2.05, 4.69) is 0 Å². The zero-order chi connectivity index (χ0) is 22.2. The van der Waals surface area contributed by atoms with Gasteiger partial charge in [0.1, 0.15) is 0 Å². The van der Waals surface area contributed by atoms with E-state index >= 15 is 0 Å². The first kappa shape index (κ1) is 20.2. The van der Waals surface area contributed by atoms with E-state index in [9.17, 15) is 19.2 Å².